The summed E-state index contributed by atoms with van der Waals surface area (Å²) in [6, 6.07) is 9.76. The third-order valence-electron chi connectivity index (χ3n) is 12.3. The maximum atomic E-state index is 15.4. The summed E-state index contributed by atoms with van der Waals surface area (Å²) in [5.41, 5.74) is 9.60. The summed E-state index contributed by atoms with van der Waals surface area (Å²) in [6.07, 6.45) is 11.5. The number of anilines is 4. The van der Waals surface area contributed by atoms with Crippen LogP contribution in [0, 0.1) is 12.7 Å². The summed E-state index contributed by atoms with van der Waals surface area (Å²) in [5.74, 6) is 2.77. The monoisotopic (exact) mass is 823 g/mol. The van der Waals surface area contributed by atoms with Gasteiger partial charge in [-0.1, -0.05) is 51.8 Å². The number of benzene rings is 1. The SMILES string of the molecule is C.C=C=C1NC(=O)CCN1c1ccc(C2CC(N3CCN(C(=O)Cc4ccc(NC5=CC=C6CCN(c7cnc8c(c7C)NCCO8)CC6N5)cc4F)CC3)C2)cn1.CC.[HH].[HH]. The smallest absolute Gasteiger partial charge is 0.237 e. The minimum Gasteiger partial charge on any atom is -0.474 e. The Kier molecular flexibility index (Phi) is 13.1. The Labute approximate surface area is 356 Å². The molecule has 3 aromatic rings. The van der Waals surface area contributed by atoms with E-state index in [0.29, 0.717) is 67.6 Å². The van der Waals surface area contributed by atoms with Gasteiger partial charge in [0.05, 0.1) is 24.3 Å². The number of hydrogen-bond acceptors (Lipinski definition) is 11. The lowest BCUT2D eigenvalue weighted by Crippen LogP contribution is -2.55. The van der Waals surface area contributed by atoms with Crippen molar-refractivity contribution in [2.24, 2.45) is 0 Å². The molecule has 5 aliphatic heterocycles. The Morgan fingerprint density at radius 1 is 1.05 bits per heavy atom. The lowest BCUT2D eigenvalue weighted by Gasteiger charge is -2.46. The minimum atomic E-state index is -0.389. The molecule has 0 bridgehead atoms. The van der Waals surface area contributed by atoms with Crippen LogP contribution < -0.4 is 35.8 Å². The Morgan fingerprint density at radius 3 is 2.62 bits per heavy atom. The largest absolute Gasteiger partial charge is 0.474 e. The van der Waals surface area contributed by atoms with Crippen molar-refractivity contribution in [3.8, 4) is 5.88 Å². The molecule has 13 nitrogen and oxygen atoms in total. The predicted molar refractivity (Wildman–Crippen MR) is 240 cm³/mol. The van der Waals surface area contributed by atoms with E-state index in [1.165, 1.54) is 17.2 Å². The van der Waals surface area contributed by atoms with Crippen molar-refractivity contribution in [1.29, 1.82) is 0 Å². The Hall–Kier alpha value is -5.85. The number of piperazine rings is 1. The summed E-state index contributed by atoms with van der Waals surface area (Å²) in [4.78, 5) is 43.0. The first-order chi connectivity index (χ1) is 28.8. The zero-order chi connectivity index (χ0) is 41.0. The quantitative estimate of drug-likeness (QED) is 0.185. The van der Waals surface area contributed by atoms with Crippen LogP contribution in [0.2, 0.25) is 0 Å². The number of pyridine rings is 2. The standard InChI is InChI=1S/C43H49FN10O3.C2H6.CH4.2H2/c1-3-38-50-40(55)11-14-54(38)39-9-6-30(24-46-39)31-20-33(21-31)51-15-17-52(18-16-51)41(56)22-29-4-7-32(23-34(29)44)48-37-8-5-28-10-13-53(26-35(28)49-37)36-25-47-43-42(27(36)2)45-12-19-57-43;1-2;;;/h4-9,23-25,31,33,35,45,48-49H,1,10-22,26H2,2H3,(H,50,55);1-2H3;1H4;2*1H. The number of fused-ring (bicyclic) bond motifs is 2. The first-order valence-electron chi connectivity index (χ1n) is 21.1. The highest BCUT2D eigenvalue weighted by Crippen LogP contribution is 2.41. The molecule has 1 unspecified atom stereocenters. The third kappa shape index (κ3) is 8.85. The molecular weight excluding hydrogens is 760 g/mol. The summed E-state index contributed by atoms with van der Waals surface area (Å²) >= 11 is 0. The molecule has 0 radical (unpaired) electrons. The van der Waals surface area contributed by atoms with E-state index < -0.39 is 0 Å². The Balaban J connectivity index is 0.00000143. The van der Waals surface area contributed by atoms with Crippen LogP contribution >= 0.6 is 0 Å². The fourth-order valence-corrected chi connectivity index (χ4v) is 8.91. The average molecular weight is 823 g/mol. The maximum absolute atomic E-state index is 15.4. The topological polar surface area (TPSA) is 130 Å². The van der Waals surface area contributed by atoms with Crippen molar-refractivity contribution in [2.45, 2.75) is 78.3 Å². The van der Waals surface area contributed by atoms with E-state index >= 15 is 4.39 Å². The summed E-state index contributed by atoms with van der Waals surface area (Å²) < 4.78 is 21.2. The van der Waals surface area contributed by atoms with Gasteiger partial charge < -0.3 is 40.7 Å². The molecule has 9 rings (SSSR count). The number of amides is 2. The number of carbonyl (C=O) groups excluding carboxylic acids is 2. The van der Waals surface area contributed by atoms with Gasteiger partial charge in [-0.3, -0.25) is 14.5 Å². The second-order valence-corrected chi connectivity index (χ2v) is 15.7. The van der Waals surface area contributed by atoms with Crippen molar-refractivity contribution in [3.63, 3.8) is 0 Å². The van der Waals surface area contributed by atoms with Crippen LogP contribution in [0.15, 0.2) is 84.4 Å². The number of aromatic nitrogens is 2. The van der Waals surface area contributed by atoms with Crippen LogP contribution in [0.25, 0.3) is 0 Å². The lowest BCUT2D eigenvalue weighted by atomic mass is 9.75. The molecule has 3 saturated heterocycles. The number of carbonyl (C=O) groups is 2. The molecule has 322 valence electrons. The zero-order valence-electron chi connectivity index (χ0n) is 34.3. The number of nitrogens with zero attached hydrogens (tertiary/aromatic N) is 6. The van der Waals surface area contributed by atoms with E-state index in [4.69, 9.17) is 4.74 Å². The van der Waals surface area contributed by atoms with Crippen LogP contribution in [0.4, 0.5) is 27.3 Å². The molecule has 0 spiro atoms. The van der Waals surface area contributed by atoms with E-state index in [0.717, 1.165) is 80.6 Å². The highest BCUT2D eigenvalue weighted by atomic mass is 19.1. The number of ether oxygens (including phenoxy) is 1. The van der Waals surface area contributed by atoms with Crippen molar-refractivity contribution in [1.82, 2.24) is 30.4 Å². The van der Waals surface area contributed by atoms with Gasteiger partial charge in [-0.05, 0) is 73.1 Å². The van der Waals surface area contributed by atoms with Crippen molar-refractivity contribution in [3.05, 3.63) is 107 Å². The first kappa shape index (κ1) is 42.3. The van der Waals surface area contributed by atoms with Crippen molar-refractivity contribution < 1.29 is 21.6 Å². The van der Waals surface area contributed by atoms with Crippen LogP contribution in [0.3, 0.4) is 0 Å². The number of dihydropyridines is 1. The fourth-order valence-electron chi connectivity index (χ4n) is 8.91. The number of hydrogen-bond donors (Lipinski definition) is 4. The first-order valence-corrected chi connectivity index (χ1v) is 21.1. The third-order valence-corrected chi connectivity index (χ3v) is 12.3. The van der Waals surface area contributed by atoms with Crippen molar-refractivity contribution >= 4 is 34.7 Å². The van der Waals surface area contributed by atoms with E-state index in [1.54, 1.807) is 6.07 Å². The van der Waals surface area contributed by atoms with Crippen molar-refractivity contribution in [2.75, 3.05) is 79.4 Å². The van der Waals surface area contributed by atoms with Crippen LogP contribution in [0.1, 0.15) is 72.4 Å². The van der Waals surface area contributed by atoms with Gasteiger partial charge in [-0.15, -0.1) is 0 Å². The van der Waals surface area contributed by atoms with Gasteiger partial charge in [0.2, 0.25) is 17.7 Å². The number of piperidine rings is 1. The zero-order valence-corrected chi connectivity index (χ0v) is 34.3. The average Bonchev–Trinajstić information content (AvgIpc) is 3.25. The molecule has 6 aliphatic rings. The second kappa shape index (κ2) is 18.6. The Morgan fingerprint density at radius 2 is 1.87 bits per heavy atom. The molecule has 1 atom stereocenters. The van der Waals surface area contributed by atoms with Gasteiger partial charge in [-0.2, -0.15) is 0 Å². The van der Waals surface area contributed by atoms with Gasteiger partial charge >= 0.3 is 0 Å². The number of nitrogens with one attached hydrogen (secondary N) is 4. The Bertz CT molecular complexity index is 2180. The summed E-state index contributed by atoms with van der Waals surface area (Å²) in [7, 11) is 0. The van der Waals surface area contributed by atoms with Gasteiger partial charge in [0.1, 0.15) is 29.8 Å². The second-order valence-electron chi connectivity index (χ2n) is 15.7. The molecule has 4 fully saturated rings. The molecule has 60 heavy (non-hydrogen) atoms. The molecule has 7 heterocycles. The van der Waals surface area contributed by atoms with Gasteiger partial charge in [-0.25, -0.2) is 14.4 Å². The highest BCUT2D eigenvalue weighted by molar-refractivity contribution is 5.81. The fraction of sp³-hybridized carbons (Fsp3) is 0.457. The van der Waals surface area contributed by atoms with Crippen LogP contribution in [0.5, 0.6) is 5.88 Å². The van der Waals surface area contributed by atoms with E-state index in [9.17, 15) is 9.59 Å². The molecule has 1 saturated carbocycles. The van der Waals surface area contributed by atoms with Crippen LogP contribution in [-0.4, -0.2) is 103 Å². The molecule has 2 aromatic heterocycles. The van der Waals surface area contributed by atoms with Gasteiger partial charge in [0, 0.05) is 85.1 Å². The van der Waals surface area contributed by atoms with E-state index in [1.807, 2.05) is 54.2 Å². The molecule has 1 aromatic carbocycles. The number of allylic oxidation sites excluding steroid dienone is 2. The highest BCUT2D eigenvalue weighted by Gasteiger charge is 2.37. The van der Waals surface area contributed by atoms with E-state index in [-0.39, 0.29) is 40.4 Å². The maximum Gasteiger partial charge on any atom is 0.237 e. The predicted octanol–water partition coefficient (Wildman–Crippen LogP) is 6.53. The van der Waals surface area contributed by atoms with Crippen LogP contribution in [-0.2, 0) is 16.0 Å². The summed E-state index contributed by atoms with van der Waals surface area (Å²) in [5, 5.41) is 13.2. The van der Waals surface area contributed by atoms with Gasteiger partial charge in [0.15, 0.2) is 5.82 Å². The molecular formula is C46H63FN10O3. The molecule has 4 N–H and O–H groups in total. The molecule has 14 heteroatoms. The minimum absolute atomic E-state index is 0. The van der Waals surface area contributed by atoms with E-state index in [2.05, 4.69) is 72.4 Å². The number of rotatable bonds is 8. The normalized spacial score (nSPS) is 22.2. The summed E-state index contributed by atoms with van der Waals surface area (Å²) in [6.45, 7) is 16.3. The van der Waals surface area contributed by atoms with Gasteiger partial charge in [0.25, 0.3) is 0 Å². The molecule has 1 aliphatic carbocycles. The molecule has 2 amide bonds. The number of halogens is 1. The lowest BCUT2D eigenvalue weighted by molar-refractivity contribution is -0.133.